The number of benzene rings is 1. The van der Waals surface area contributed by atoms with Crippen molar-refractivity contribution in [2.45, 2.75) is 30.7 Å². The molecule has 0 saturated carbocycles. The third kappa shape index (κ3) is 2.81. The summed E-state index contributed by atoms with van der Waals surface area (Å²) in [5, 5.41) is 0.848. The van der Waals surface area contributed by atoms with Gasteiger partial charge in [0.1, 0.15) is 4.90 Å². The van der Waals surface area contributed by atoms with E-state index in [1.54, 1.807) is 35.0 Å². The molecule has 1 saturated heterocycles. The van der Waals surface area contributed by atoms with Crippen molar-refractivity contribution in [2.24, 2.45) is 0 Å². The summed E-state index contributed by atoms with van der Waals surface area (Å²) >= 11 is 0. The Morgan fingerprint density at radius 1 is 1.16 bits per heavy atom. The molecule has 1 atom stereocenters. The van der Waals surface area contributed by atoms with Gasteiger partial charge in [0.2, 0.25) is 10.0 Å². The smallest absolute Gasteiger partial charge is 0.245 e. The molecule has 2 aromatic heterocycles. The SMILES string of the molecule is Cc1cnc2c(S(=O)(=O)N3CCC[C@H]3c3ccncc3)cccc2c1. The molecule has 1 fully saturated rings. The highest BCUT2D eigenvalue weighted by Gasteiger charge is 2.37. The highest BCUT2D eigenvalue weighted by atomic mass is 32.2. The molecule has 0 N–H and O–H groups in total. The van der Waals surface area contributed by atoms with Crippen LogP contribution in [0.3, 0.4) is 0 Å². The standard InChI is InChI=1S/C19H19N3O2S/c1-14-12-16-4-2-6-18(19(16)21-13-14)25(23,24)22-11-3-5-17(22)15-7-9-20-10-8-15/h2,4,6-10,12-13,17H,3,5,11H2,1H3/t17-/m0/s1. The fraction of sp³-hybridized carbons (Fsp3) is 0.263. The Kier molecular flexibility index (Phi) is 4.01. The number of fused-ring (bicyclic) bond motifs is 1. The van der Waals surface area contributed by atoms with Gasteiger partial charge in [0.15, 0.2) is 0 Å². The molecule has 128 valence electrons. The van der Waals surface area contributed by atoms with Crippen molar-refractivity contribution < 1.29 is 8.42 Å². The highest BCUT2D eigenvalue weighted by Crippen LogP contribution is 2.37. The minimum atomic E-state index is -3.63. The van der Waals surface area contributed by atoms with Crippen molar-refractivity contribution in [3.63, 3.8) is 0 Å². The van der Waals surface area contributed by atoms with Crippen LogP contribution in [0.15, 0.2) is 59.9 Å². The minimum Gasteiger partial charge on any atom is -0.265 e. The van der Waals surface area contributed by atoms with Gasteiger partial charge in [-0.05, 0) is 55.2 Å². The number of rotatable bonds is 3. The first-order valence-corrected chi connectivity index (χ1v) is 9.78. The molecule has 0 amide bonds. The van der Waals surface area contributed by atoms with E-state index in [9.17, 15) is 8.42 Å². The van der Waals surface area contributed by atoms with E-state index >= 15 is 0 Å². The molecule has 3 aromatic rings. The van der Waals surface area contributed by atoms with Crippen LogP contribution in [0.4, 0.5) is 0 Å². The zero-order chi connectivity index (χ0) is 17.4. The first kappa shape index (κ1) is 16.2. The summed E-state index contributed by atoms with van der Waals surface area (Å²) in [4.78, 5) is 8.72. The number of sulfonamides is 1. The second-order valence-corrected chi connectivity index (χ2v) is 8.25. The first-order valence-electron chi connectivity index (χ1n) is 8.34. The van der Waals surface area contributed by atoms with Crippen molar-refractivity contribution >= 4 is 20.9 Å². The molecule has 1 aromatic carbocycles. The zero-order valence-corrected chi connectivity index (χ0v) is 14.8. The number of hydrogen-bond acceptors (Lipinski definition) is 4. The van der Waals surface area contributed by atoms with E-state index in [1.165, 1.54) is 0 Å². The van der Waals surface area contributed by atoms with Gasteiger partial charge in [-0.2, -0.15) is 4.31 Å². The van der Waals surface area contributed by atoms with Crippen LogP contribution in [0.2, 0.25) is 0 Å². The molecular weight excluding hydrogens is 334 g/mol. The van der Waals surface area contributed by atoms with Gasteiger partial charge >= 0.3 is 0 Å². The summed E-state index contributed by atoms with van der Waals surface area (Å²) < 4.78 is 28.4. The van der Waals surface area contributed by atoms with Crippen LogP contribution in [0.1, 0.15) is 30.0 Å². The van der Waals surface area contributed by atoms with Gasteiger partial charge < -0.3 is 0 Å². The van der Waals surface area contributed by atoms with Crippen molar-refractivity contribution in [1.29, 1.82) is 0 Å². The zero-order valence-electron chi connectivity index (χ0n) is 14.0. The average molecular weight is 353 g/mol. The number of hydrogen-bond donors (Lipinski definition) is 0. The van der Waals surface area contributed by atoms with E-state index in [-0.39, 0.29) is 10.9 Å². The molecule has 1 aliphatic rings. The van der Waals surface area contributed by atoms with Gasteiger partial charge in [-0.15, -0.1) is 0 Å². The summed E-state index contributed by atoms with van der Waals surface area (Å²) in [6.45, 7) is 2.48. The van der Waals surface area contributed by atoms with Crippen molar-refractivity contribution in [2.75, 3.05) is 6.54 Å². The lowest BCUT2D eigenvalue weighted by molar-refractivity contribution is 0.397. The van der Waals surface area contributed by atoms with Crippen LogP contribution < -0.4 is 0 Å². The number of pyridine rings is 2. The number of aryl methyl sites for hydroxylation is 1. The Labute approximate surface area is 147 Å². The molecule has 0 radical (unpaired) electrons. The summed E-state index contributed by atoms with van der Waals surface area (Å²) in [6.07, 6.45) is 6.80. The molecule has 0 unspecified atom stereocenters. The van der Waals surface area contributed by atoms with Crippen LogP contribution in [0, 0.1) is 6.92 Å². The van der Waals surface area contributed by atoms with Gasteiger partial charge in [0.05, 0.1) is 11.6 Å². The molecule has 25 heavy (non-hydrogen) atoms. The lowest BCUT2D eigenvalue weighted by Crippen LogP contribution is -2.31. The topological polar surface area (TPSA) is 63.2 Å². The predicted octanol–water partition coefficient (Wildman–Crippen LogP) is 3.46. The summed E-state index contributed by atoms with van der Waals surface area (Å²) in [7, 11) is -3.63. The molecule has 4 rings (SSSR count). The predicted molar refractivity (Wildman–Crippen MR) is 96.6 cm³/mol. The highest BCUT2D eigenvalue weighted by molar-refractivity contribution is 7.89. The van der Waals surface area contributed by atoms with Crippen LogP contribution in [0.25, 0.3) is 10.9 Å². The van der Waals surface area contributed by atoms with E-state index in [0.29, 0.717) is 12.1 Å². The number of aromatic nitrogens is 2. The Morgan fingerprint density at radius 3 is 2.76 bits per heavy atom. The van der Waals surface area contributed by atoms with Gasteiger partial charge in [0, 0.05) is 30.5 Å². The molecule has 6 heteroatoms. The number of nitrogens with zero attached hydrogens (tertiary/aromatic N) is 3. The fourth-order valence-corrected chi connectivity index (χ4v) is 5.37. The van der Waals surface area contributed by atoms with Crippen LogP contribution in [0.5, 0.6) is 0 Å². The summed E-state index contributed by atoms with van der Waals surface area (Å²) in [5.41, 5.74) is 2.53. The van der Waals surface area contributed by atoms with Crippen LogP contribution >= 0.6 is 0 Å². The van der Waals surface area contributed by atoms with E-state index in [1.807, 2.05) is 31.2 Å². The molecule has 0 spiro atoms. The van der Waals surface area contributed by atoms with Gasteiger partial charge in [0.25, 0.3) is 0 Å². The number of para-hydroxylation sites is 1. The molecule has 5 nitrogen and oxygen atoms in total. The second kappa shape index (κ2) is 6.20. The summed E-state index contributed by atoms with van der Waals surface area (Å²) in [5.74, 6) is 0. The quantitative estimate of drug-likeness (QED) is 0.723. The molecule has 3 heterocycles. The van der Waals surface area contributed by atoms with E-state index in [0.717, 1.165) is 29.4 Å². The largest absolute Gasteiger partial charge is 0.265 e. The van der Waals surface area contributed by atoms with Crippen molar-refractivity contribution in [3.8, 4) is 0 Å². The Balaban J connectivity index is 1.82. The van der Waals surface area contributed by atoms with E-state index in [4.69, 9.17) is 0 Å². The first-order chi connectivity index (χ1) is 12.1. The Hall–Kier alpha value is -2.31. The molecule has 0 bridgehead atoms. The van der Waals surface area contributed by atoms with Crippen molar-refractivity contribution in [3.05, 3.63) is 66.1 Å². The van der Waals surface area contributed by atoms with Gasteiger partial charge in [-0.25, -0.2) is 8.42 Å². The monoisotopic (exact) mass is 353 g/mol. The molecule has 0 aliphatic carbocycles. The maximum atomic E-state index is 13.4. The third-order valence-electron chi connectivity index (χ3n) is 4.69. The van der Waals surface area contributed by atoms with E-state index in [2.05, 4.69) is 9.97 Å². The van der Waals surface area contributed by atoms with Crippen molar-refractivity contribution in [1.82, 2.24) is 14.3 Å². The maximum Gasteiger partial charge on any atom is 0.245 e. The van der Waals surface area contributed by atoms with E-state index < -0.39 is 10.0 Å². The second-order valence-electron chi connectivity index (χ2n) is 6.39. The fourth-order valence-electron chi connectivity index (χ4n) is 3.52. The normalized spacial score (nSPS) is 18.7. The molecular formula is C19H19N3O2S. The van der Waals surface area contributed by atoms with Gasteiger partial charge in [-0.1, -0.05) is 12.1 Å². The Bertz CT molecular complexity index is 1020. The Morgan fingerprint density at radius 2 is 1.96 bits per heavy atom. The summed E-state index contributed by atoms with van der Waals surface area (Å²) in [6, 6.07) is 10.9. The average Bonchev–Trinajstić information content (AvgIpc) is 3.12. The minimum absolute atomic E-state index is 0.145. The maximum absolute atomic E-state index is 13.4. The molecule has 1 aliphatic heterocycles. The van der Waals surface area contributed by atoms with Crippen LogP contribution in [-0.2, 0) is 10.0 Å². The van der Waals surface area contributed by atoms with Crippen LogP contribution in [-0.4, -0.2) is 29.2 Å². The lowest BCUT2D eigenvalue weighted by atomic mass is 10.1. The lowest BCUT2D eigenvalue weighted by Gasteiger charge is -2.24. The third-order valence-corrected chi connectivity index (χ3v) is 6.63. The van der Waals surface area contributed by atoms with Gasteiger partial charge in [-0.3, -0.25) is 9.97 Å².